The summed E-state index contributed by atoms with van der Waals surface area (Å²) in [5.41, 5.74) is 7.23. The minimum absolute atomic E-state index is 0.00834. The van der Waals surface area contributed by atoms with Crippen LogP contribution in [-0.4, -0.2) is 89.4 Å². The zero-order valence-electron chi connectivity index (χ0n) is 25.2. The third kappa shape index (κ3) is 4.99. The standard InChI is InChI=1S/C33H40N8O2/c1-4-30(42)41-15-14-40(18-21(41)2)32-25-11-13-39(31-24(22-7-8-22)9-10-28-27(31)17-35-37-28)19-29(25)36-33(26(32)16-34)43-20-23-6-5-12-38(23)3/h4,9-10,17,21-23H,1,5-8,11-15,18-20H2,2-3H3,(H,35,37). The molecule has 0 spiro atoms. The molecule has 1 aromatic carbocycles. The van der Waals surface area contributed by atoms with Gasteiger partial charge in [-0.05, 0) is 76.2 Å². The molecule has 4 aliphatic rings. The van der Waals surface area contributed by atoms with Crippen molar-refractivity contribution >= 4 is 28.2 Å². The summed E-state index contributed by atoms with van der Waals surface area (Å²) >= 11 is 0. The van der Waals surface area contributed by atoms with Crippen molar-refractivity contribution < 1.29 is 9.53 Å². The van der Waals surface area contributed by atoms with Gasteiger partial charge in [0.1, 0.15) is 18.2 Å². The van der Waals surface area contributed by atoms with Crippen LogP contribution in [0.2, 0.25) is 0 Å². The Morgan fingerprint density at radius 1 is 1.19 bits per heavy atom. The number of anilines is 2. The number of nitriles is 1. The first-order valence-corrected chi connectivity index (χ1v) is 15.6. The zero-order chi connectivity index (χ0) is 29.7. The molecule has 1 amide bonds. The number of nitrogens with one attached hydrogen (secondary N) is 1. The third-order valence-electron chi connectivity index (χ3n) is 9.85. The van der Waals surface area contributed by atoms with E-state index in [2.05, 4.69) is 63.6 Å². The normalized spacial score (nSPS) is 22.5. The van der Waals surface area contributed by atoms with Crippen molar-refractivity contribution in [3.05, 3.63) is 53.4 Å². The Hall–Kier alpha value is -4.10. The molecule has 1 N–H and O–H groups in total. The second kappa shape index (κ2) is 11.2. The maximum absolute atomic E-state index is 12.5. The summed E-state index contributed by atoms with van der Waals surface area (Å²) < 4.78 is 6.44. The maximum atomic E-state index is 12.5. The first-order chi connectivity index (χ1) is 21.0. The molecule has 224 valence electrons. The van der Waals surface area contributed by atoms with E-state index in [0.29, 0.717) is 56.2 Å². The number of aromatic nitrogens is 3. The van der Waals surface area contributed by atoms with Crippen LogP contribution in [0.4, 0.5) is 11.4 Å². The van der Waals surface area contributed by atoms with Gasteiger partial charge in [-0.3, -0.25) is 9.89 Å². The number of pyridine rings is 1. The van der Waals surface area contributed by atoms with Gasteiger partial charge in [0, 0.05) is 49.2 Å². The summed E-state index contributed by atoms with van der Waals surface area (Å²) in [5.74, 6) is 0.975. The quantitative estimate of drug-likeness (QED) is 0.419. The van der Waals surface area contributed by atoms with Crippen molar-refractivity contribution in [2.45, 2.75) is 63.6 Å². The highest BCUT2D eigenvalue weighted by Crippen LogP contribution is 2.48. The summed E-state index contributed by atoms with van der Waals surface area (Å²) in [6.45, 7) is 10.6. The average molecular weight is 581 g/mol. The number of nitrogens with zero attached hydrogens (tertiary/aromatic N) is 7. The summed E-state index contributed by atoms with van der Waals surface area (Å²) in [7, 11) is 2.13. The van der Waals surface area contributed by atoms with Gasteiger partial charge in [0.05, 0.1) is 35.3 Å². The highest BCUT2D eigenvalue weighted by atomic mass is 16.5. The Bertz CT molecular complexity index is 1600. The number of carbonyl (C=O) groups is 1. The fourth-order valence-corrected chi connectivity index (χ4v) is 7.35. The number of H-pyrrole nitrogens is 1. The van der Waals surface area contributed by atoms with Crippen LogP contribution in [0.25, 0.3) is 10.9 Å². The lowest BCUT2D eigenvalue weighted by Gasteiger charge is -2.42. The van der Waals surface area contributed by atoms with Crippen molar-refractivity contribution in [1.82, 2.24) is 25.0 Å². The minimum atomic E-state index is -0.0512. The van der Waals surface area contributed by atoms with Crippen molar-refractivity contribution in [1.29, 1.82) is 5.26 Å². The van der Waals surface area contributed by atoms with E-state index in [1.807, 2.05) is 11.1 Å². The topological polar surface area (TPSA) is 105 Å². The smallest absolute Gasteiger partial charge is 0.246 e. The predicted molar refractivity (Wildman–Crippen MR) is 167 cm³/mol. The molecule has 1 saturated carbocycles. The molecule has 2 saturated heterocycles. The largest absolute Gasteiger partial charge is 0.475 e. The van der Waals surface area contributed by atoms with E-state index in [4.69, 9.17) is 9.72 Å². The van der Waals surface area contributed by atoms with Crippen molar-refractivity contribution in [3.8, 4) is 11.9 Å². The molecule has 43 heavy (non-hydrogen) atoms. The lowest BCUT2D eigenvalue weighted by atomic mass is 9.95. The van der Waals surface area contributed by atoms with E-state index < -0.39 is 0 Å². The maximum Gasteiger partial charge on any atom is 0.246 e. The highest BCUT2D eigenvalue weighted by Gasteiger charge is 2.36. The van der Waals surface area contributed by atoms with Crippen LogP contribution in [0.15, 0.2) is 31.0 Å². The molecule has 3 fully saturated rings. The number of fused-ring (bicyclic) bond motifs is 2. The number of piperazine rings is 1. The van der Waals surface area contributed by atoms with Crippen LogP contribution in [0.1, 0.15) is 60.9 Å². The highest BCUT2D eigenvalue weighted by molar-refractivity contribution is 5.94. The Balaban J connectivity index is 1.28. The summed E-state index contributed by atoms with van der Waals surface area (Å²) in [4.78, 5) is 26.5. The number of amides is 1. The van der Waals surface area contributed by atoms with Gasteiger partial charge in [0.2, 0.25) is 11.8 Å². The van der Waals surface area contributed by atoms with Crippen LogP contribution in [0.5, 0.6) is 5.88 Å². The number of ether oxygens (including phenoxy) is 1. The Labute approximate surface area is 252 Å². The molecular formula is C33H40N8O2. The van der Waals surface area contributed by atoms with Crippen molar-refractivity contribution in [2.75, 3.05) is 56.2 Å². The number of likely N-dealkylation sites (N-methyl/N-ethyl adjacent to an activating group) is 1. The van der Waals surface area contributed by atoms with Crippen LogP contribution in [-0.2, 0) is 17.8 Å². The van der Waals surface area contributed by atoms with Gasteiger partial charge in [-0.15, -0.1) is 0 Å². The van der Waals surface area contributed by atoms with Crippen LogP contribution in [0, 0.1) is 11.3 Å². The van der Waals surface area contributed by atoms with Gasteiger partial charge in [0.25, 0.3) is 0 Å². The molecule has 3 aromatic rings. The molecular weight excluding hydrogens is 540 g/mol. The Morgan fingerprint density at radius 3 is 2.77 bits per heavy atom. The van der Waals surface area contributed by atoms with E-state index in [1.165, 1.54) is 30.2 Å². The third-order valence-corrected chi connectivity index (χ3v) is 9.85. The van der Waals surface area contributed by atoms with E-state index in [9.17, 15) is 10.1 Å². The van der Waals surface area contributed by atoms with E-state index in [1.54, 1.807) is 0 Å². The fourth-order valence-electron chi connectivity index (χ4n) is 7.35. The van der Waals surface area contributed by atoms with Crippen molar-refractivity contribution in [3.63, 3.8) is 0 Å². The van der Waals surface area contributed by atoms with Gasteiger partial charge < -0.3 is 24.3 Å². The first-order valence-electron chi connectivity index (χ1n) is 15.6. The molecule has 2 atom stereocenters. The molecule has 2 aromatic heterocycles. The van der Waals surface area contributed by atoms with Gasteiger partial charge in [-0.25, -0.2) is 4.98 Å². The molecule has 5 heterocycles. The lowest BCUT2D eigenvalue weighted by Crippen LogP contribution is -2.54. The van der Waals surface area contributed by atoms with E-state index in [-0.39, 0.29) is 11.9 Å². The number of hydrogen-bond acceptors (Lipinski definition) is 8. The number of aromatic amines is 1. The lowest BCUT2D eigenvalue weighted by molar-refractivity contribution is -0.128. The average Bonchev–Trinajstić information content (AvgIpc) is 3.61. The predicted octanol–water partition coefficient (Wildman–Crippen LogP) is 3.97. The Morgan fingerprint density at radius 2 is 2.05 bits per heavy atom. The second-order valence-corrected chi connectivity index (χ2v) is 12.6. The van der Waals surface area contributed by atoms with Crippen LogP contribution in [0.3, 0.4) is 0 Å². The molecule has 3 aliphatic heterocycles. The first kappa shape index (κ1) is 27.7. The zero-order valence-corrected chi connectivity index (χ0v) is 25.2. The van der Waals surface area contributed by atoms with Crippen LogP contribution < -0.4 is 14.5 Å². The van der Waals surface area contributed by atoms with E-state index in [0.717, 1.165) is 60.2 Å². The number of likely N-dealkylation sites (tertiary alicyclic amines) is 1. The minimum Gasteiger partial charge on any atom is -0.475 e. The molecule has 1 aliphatic carbocycles. The molecule has 2 unspecified atom stereocenters. The molecule has 7 rings (SSSR count). The summed E-state index contributed by atoms with van der Waals surface area (Å²) in [5, 5.41) is 19.2. The number of benzene rings is 1. The molecule has 0 bridgehead atoms. The van der Waals surface area contributed by atoms with Gasteiger partial charge in [-0.1, -0.05) is 12.6 Å². The van der Waals surface area contributed by atoms with Crippen molar-refractivity contribution in [2.24, 2.45) is 0 Å². The number of carbonyl (C=O) groups excluding carboxylic acids is 1. The van der Waals surface area contributed by atoms with E-state index >= 15 is 0 Å². The molecule has 10 nitrogen and oxygen atoms in total. The number of hydrogen-bond donors (Lipinski definition) is 1. The van der Waals surface area contributed by atoms with Gasteiger partial charge in [0.15, 0.2) is 0 Å². The fraction of sp³-hybridized carbons (Fsp3) is 0.515. The summed E-state index contributed by atoms with van der Waals surface area (Å²) in [6, 6.07) is 7.21. The van der Waals surface area contributed by atoms with Crippen LogP contribution >= 0.6 is 0 Å². The Kier molecular flexibility index (Phi) is 7.21. The second-order valence-electron chi connectivity index (χ2n) is 12.6. The van der Waals surface area contributed by atoms with Gasteiger partial charge in [-0.2, -0.15) is 10.4 Å². The molecule has 10 heteroatoms. The monoisotopic (exact) mass is 580 g/mol. The molecule has 0 radical (unpaired) electrons. The van der Waals surface area contributed by atoms with Gasteiger partial charge >= 0.3 is 0 Å². The number of rotatable bonds is 7. The SMILES string of the molecule is C=CC(=O)N1CCN(c2c(C#N)c(OCC3CCCN3C)nc3c2CCN(c2c(C4CC4)ccc4[nH]ncc24)C3)CC1C. The summed E-state index contributed by atoms with van der Waals surface area (Å²) in [6.07, 6.45) is 8.79.